The molecule has 0 aliphatic carbocycles. The van der Waals surface area contributed by atoms with Crippen LogP contribution in [0.15, 0.2) is 158 Å². The van der Waals surface area contributed by atoms with Crippen LogP contribution in [0.3, 0.4) is 0 Å². The van der Waals surface area contributed by atoms with Gasteiger partial charge in [0, 0.05) is 27.1 Å². The predicted molar refractivity (Wildman–Crippen MR) is 195 cm³/mol. The summed E-state index contributed by atoms with van der Waals surface area (Å²) in [6.45, 7) is 0. The zero-order valence-corrected chi connectivity index (χ0v) is 25.8. The summed E-state index contributed by atoms with van der Waals surface area (Å²) in [5.74, 6) is 0. The van der Waals surface area contributed by atoms with Crippen LogP contribution in [0.1, 0.15) is 11.1 Å². The van der Waals surface area contributed by atoms with E-state index >= 15 is 0 Å². The molecule has 4 heteroatoms. The maximum atomic E-state index is 10.3. The van der Waals surface area contributed by atoms with Crippen LogP contribution in [0, 0.1) is 22.7 Å². The van der Waals surface area contributed by atoms with Crippen molar-refractivity contribution in [1.82, 2.24) is 9.13 Å². The lowest BCUT2D eigenvalue weighted by molar-refractivity contribution is 1.16. The van der Waals surface area contributed by atoms with Gasteiger partial charge in [-0.15, -0.1) is 0 Å². The molecular formula is C44H26N4. The molecule has 0 N–H and O–H groups in total. The van der Waals surface area contributed by atoms with Gasteiger partial charge in [0.1, 0.15) is 12.1 Å². The third-order valence-corrected chi connectivity index (χ3v) is 9.43. The zero-order valence-electron chi connectivity index (χ0n) is 25.8. The van der Waals surface area contributed by atoms with Gasteiger partial charge in [0.2, 0.25) is 0 Å². The Kier molecular flexibility index (Phi) is 6.22. The summed E-state index contributed by atoms with van der Waals surface area (Å²) in [4.78, 5) is 0. The molecule has 0 unspecified atom stereocenters. The molecule has 0 saturated carbocycles. The molecule has 0 fully saturated rings. The van der Waals surface area contributed by atoms with Crippen LogP contribution in [0.2, 0.25) is 0 Å². The first-order chi connectivity index (χ1) is 23.7. The van der Waals surface area contributed by atoms with Crippen molar-refractivity contribution in [3.63, 3.8) is 0 Å². The number of fused-ring (bicyclic) bond motifs is 6. The molecule has 0 saturated heterocycles. The van der Waals surface area contributed by atoms with Gasteiger partial charge in [-0.3, -0.25) is 0 Å². The average Bonchev–Trinajstić information content (AvgIpc) is 3.67. The fourth-order valence-electron chi connectivity index (χ4n) is 7.29. The van der Waals surface area contributed by atoms with Crippen LogP contribution < -0.4 is 0 Å². The van der Waals surface area contributed by atoms with E-state index in [1.165, 1.54) is 21.8 Å². The number of aromatic nitrogens is 2. The van der Waals surface area contributed by atoms with Crippen LogP contribution in [-0.2, 0) is 0 Å². The van der Waals surface area contributed by atoms with Gasteiger partial charge in [-0.25, -0.2) is 0 Å². The van der Waals surface area contributed by atoms with Crippen molar-refractivity contribution in [1.29, 1.82) is 10.5 Å². The first-order valence-electron chi connectivity index (χ1n) is 15.9. The molecule has 0 bridgehead atoms. The van der Waals surface area contributed by atoms with Crippen LogP contribution in [0.5, 0.6) is 0 Å². The van der Waals surface area contributed by atoms with Crippen LogP contribution >= 0.6 is 0 Å². The monoisotopic (exact) mass is 610 g/mol. The minimum Gasteiger partial charge on any atom is -0.309 e. The largest absolute Gasteiger partial charge is 0.309 e. The number of benzene rings is 7. The summed E-state index contributed by atoms with van der Waals surface area (Å²) >= 11 is 0. The van der Waals surface area contributed by atoms with E-state index in [1.54, 1.807) is 0 Å². The lowest BCUT2D eigenvalue weighted by atomic mass is 9.95. The standard InChI is InChI=1S/C44H26N4/c45-27-32-25-31(26-44(38(32)28-46)48-42-19-9-4-14-36(42)37-15-5-10-20-43(37)48)29-21-23-30(24-22-29)33-11-1-6-16-39(33)47-40-17-7-2-12-34(40)35-13-3-8-18-41(35)47/h1-26H. The average molecular weight is 611 g/mol. The SMILES string of the molecule is N#Cc1cc(-c2ccc(-c3ccccc3-n3c4ccccc4c4ccccc43)cc2)cc(-n2c3ccccc3c3ccccc32)c1C#N. The first-order valence-corrected chi connectivity index (χ1v) is 15.9. The zero-order chi connectivity index (χ0) is 32.2. The lowest BCUT2D eigenvalue weighted by Crippen LogP contribution is -2.01. The van der Waals surface area contributed by atoms with E-state index in [9.17, 15) is 10.5 Å². The number of rotatable bonds is 4. The van der Waals surface area contributed by atoms with E-state index < -0.39 is 0 Å². The normalized spacial score (nSPS) is 11.3. The molecule has 0 aliphatic rings. The van der Waals surface area contributed by atoms with Crippen molar-refractivity contribution in [3.05, 3.63) is 169 Å². The second-order valence-corrected chi connectivity index (χ2v) is 12.0. The number of nitriles is 2. The van der Waals surface area contributed by atoms with Crippen molar-refractivity contribution in [2.24, 2.45) is 0 Å². The molecule has 222 valence electrons. The highest BCUT2D eigenvalue weighted by atomic mass is 15.0. The smallest absolute Gasteiger partial charge is 0.103 e. The quantitative estimate of drug-likeness (QED) is 0.199. The number of hydrogen-bond donors (Lipinski definition) is 0. The maximum absolute atomic E-state index is 10.3. The van der Waals surface area contributed by atoms with Crippen LogP contribution in [0.25, 0.3) is 77.2 Å². The molecule has 2 heterocycles. The third kappa shape index (κ3) is 4.07. The van der Waals surface area contributed by atoms with E-state index in [4.69, 9.17) is 0 Å². The Bertz CT molecular complexity index is 2690. The maximum Gasteiger partial charge on any atom is 0.103 e. The Morgan fingerprint density at radius 2 is 0.812 bits per heavy atom. The molecule has 0 radical (unpaired) electrons. The van der Waals surface area contributed by atoms with E-state index in [1.807, 2.05) is 36.4 Å². The number of para-hydroxylation sites is 5. The van der Waals surface area contributed by atoms with Gasteiger partial charge in [-0.05, 0) is 59.2 Å². The molecule has 9 rings (SSSR count). The second-order valence-electron chi connectivity index (χ2n) is 12.0. The summed E-state index contributed by atoms with van der Waals surface area (Å²) in [5, 5.41) is 25.2. The summed E-state index contributed by atoms with van der Waals surface area (Å²) in [7, 11) is 0. The molecule has 2 aromatic heterocycles. The fourth-order valence-corrected chi connectivity index (χ4v) is 7.29. The van der Waals surface area contributed by atoms with Crippen molar-refractivity contribution in [3.8, 4) is 45.8 Å². The van der Waals surface area contributed by atoms with Crippen molar-refractivity contribution in [2.45, 2.75) is 0 Å². The molecule has 0 spiro atoms. The van der Waals surface area contributed by atoms with E-state index in [2.05, 4.69) is 143 Å². The Morgan fingerprint density at radius 1 is 0.375 bits per heavy atom. The summed E-state index contributed by atoms with van der Waals surface area (Å²) in [5.41, 5.74) is 10.9. The van der Waals surface area contributed by atoms with E-state index in [0.717, 1.165) is 49.7 Å². The van der Waals surface area contributed by atoms with Crippen LogP contribution in [-0.4, -0.2) is 9.13 Å². The van der Waals surface area contributed by atoms with Gasteiger partial charge >= 0.3 is 0 Å². The van der Waals surface area contributed by atoms with Crippen molar-refractivity contribution in [2.75, 3.05) is 0 Å². The Hall–Kier alpha value is -6.88. The van der Waals surface area contributed by atoms with Gasteiger partial charge in [0.15, 0.2) is 0 Å². The summed E-state index contributed by atoms with van der Waals surface area (Å²) in [6, 6.07) is 59.1. The van der Waals surface area contributed by atoms with E-state index in [0.29, 0.717) is 16.8 Å². The topological polar surface area (TPSA) is 57.4 Å². The fraction of sp³-hybridized carbons (Fsp3) is 0. The molecule has 0 amide bonds. The van der Waals surface area contributed by atoms with Gasteiger partial charge in [-0.1, -0.05) is 115 Å². The highest BCUT2D eigenvalue weighted by Gasteiger charge is 2.19. The van der Waals surface area contributed by atoms with Gasteiger partial charge in [0.25, 0.3) is 0 Å². The molecule has 0 atom stereocenters. The Morgan fingerprint density at radius 3 is 1.31 bits per heavy atom. The molecule has 4 nitrogen and oxygen atoms in total. The highest BCUT2D eigenvalue weighted by Crippen LogP contribution is 2.38. The number of hydrogen-bond acceptors (Lipinski definition) is 2. The second kappa shape index (κ2) is 10.9. The summed E-state index contributed by atoms with van der Waals surface area (Å²) in [6.07, 6.45) is 0. The Balaban J connectivity index is 1.20. The lowest BCUT2D eigenvalue weighted by Gasteiger charge is -2.15. The highest BCUT2D eigenvalue weighted by molar-refractivity contribution is 6.10. The van der Waals surface area contributed by atoms with Gasteiger partial charge < -0.3 is 9.13 Å². The first kappa shape index (κ1) is 27.4. The molecule has 7 aromatic carbocycles. The molecule has 0 aliphatic heterocycles. The van der Waals surface area contributed by atoms with E-state index in [-0.39, 0.29) is 0 Å². The molecule has 9 aromatic rings. The van der Waals surface area contributed by atoms with Crippen LogP contribution in [0.4, 0.5) is 0 Å². The number of nitrogens with zero attached hydrogens (tertiary/aromatic N) is 4. The minimum atomic E-state index is 0.354. The van der Waals surface area contributed by atoms with Crippen molar-refractivity contribution < 1.29 is 0 Å². The summed E-state index contributed by atoms with van der Waals surface area (Å²) < 4.78 is 4.47. The molecule has 48 heavy (non-hydrogen) atoms. The molecular weight excluding hydrogens is 585 g/mol. The minimum absolute atomic E-state index is 0.354. The van der Waals surface area contributed by atoms with Crippen molar-refractivity contribution >= 4 is 43.6 Å². The van der Waals surface area contributed by atoms with Gasteiger partial charge in [-0.2, -0.15) is 10.5 Å². The predicted octanol–water partition coefficient (Wildman–Crippen LogP) is 11.0. The Labute approximate surface area is 277 Å². The van der Waals surface area contributed by atoms with Gasteiger partial charge in [0.05, 0.1) is 44.6 Å². The third-order valence-electron chi connectivity index (χ3n) is 9.43.